The van der Waals surface area contributed by atoms with Crippen LogP contribution in [0.25, 0.3) is 0 Å². The zero-order valence-electron chi connectivity index (χ0n) is 29.0. The number of ether oxygens (including phenoxy) is 4. The fraction of sp³-hybridized carbons (Fsp3) is 0.395. The van der Waals surface area contributed by atoms with Crippen molar-refractivity contribution < 1.29 is 52.9 Å². The zero-order chi connectivity index (χ0) is 37.1. The molecule has 0 radical (unpaired) electrons. The van der Waals surface area contributed by atoms with E-state index in [1.807, 2.05) is 0 Å². The van der Waals surface area contributed by atoms with Crippen LogP contribution in [0.4, 0.5) is 19.3 Å². The van der Waals surface area contributed by atoms with Gasteiger partial charge >= 0.3 is 18.7 Å². The Bertz CT molecular complexity index is 1920. The highest BCUT2D eigenvalue weighted by molar-refractivity contribution is 7.14. The lowest BCUT2D eigenvalue weighted by atomic mass is 9.86. The van der Waals surface area contributed by atoms with Crippen molar-refractivity contribution >= 4 is 52.3 Å². The zero-order valence-corrected chi connectivity index (χ0v) is 31.3. The molecule has 2 aromatic heterocycles. The summed E-state index contributed by atoms with van der Waals surface area (Å²) in [5, 5.41) is 10.9. The molecule has 288 valence electrons. The first kappa shape index (κ1) is 39.5. The van der Waals surface area contributed by atoms with Gasteiger partial charge in [0.05, 0.1) is 18.8 Å². The first-order valence-corrected chi connectivity index (χ1v) is 19.0. The van der Waals surface area contributed by atoms with Crippen molar-refractivity contribution in [2.24, 2.45) is 11.8 Å². The van der Waals surface area contributed by atoms with Gasteiger partial charge in [-0.25, -0.2) is 14.6 Å². The standard InChI is InChI=1S/C38H37Cl2F2N3O7S.H2O/c39-29-17-43-18-30(40)28(29)16-32(24-6-8-31(51-37(41)42)33(14-24)49-21-22-4-5-22)50-36(47)35-9-7-27(53-35)19-45(25-2-1-3-26(46)15-25)38(48)52-34-20-44-12-10-23(34)11-13-44;/h1-3,6-9,14-15,17-18,22-23,32,34,37,46H,4-5,10-13,16,19-21H2;1H2/t32-,34-;/m0./s1. The van der Waals surface area contributed by atoms with E-state index in [4.69, 9.17) is 42.1 Å². The van der Waals surface area contributed by atoms with Crippen molar-refractivity contribution in [2.45, 2.75) is 57.5 Å². The van der Waals surface area contributed by atoms with Crippen molar-refractivity contribution in [3.8, 4) is 17.2 Å². The molecule has 4 aliphatic rings. The number of aromatic hydroxyl groups is 1. The topological polar surface area (TPSA) is 142 Å². The minimum Gasteiger partial charge on any atom is -0.870 e. The van der Waals surface area contributed by atoms with Crippen molar-refractivity contribution in [3.63, 3.8) is 0 Å². The molecule has 16 heteroatoms. The van der Waals surface area contributed by atoms with Crippen LogP contribution in [0.1, 0.15) is 57.5 Å². The van der Waals surface area contributed by atoms with Crippen molar-refractivity contribution in [1.82, 2.24) is 4.90 Å². The van der Waals surface area contributed by atoms with Crippen molar-refractivity contribution in [2.75, 3.05) is 31.1 Å². The third kappa shape index (κ3) is 9.71. The lowest BCUT2D eigenvalue weighted by Gasteiger charge is -2.44. The molecule has 4 aromatic rings. The van der Waals surface area contributed by atoms with Crippen LogP contribution in [0.15, 0.2) is 67.0 Å². The first-order chi connectivity index (χ1) is 25.6. The van der Waals surface area contributed by atoms with E-state index in [0.717, 1.165) is 50.1 Å². The number of aromatic amines is 1. The number of rotatable bonds is 14. The summed E-state index contributed by atoms with van der Waals surface area (Å²) >= 11 is 14.1. The predicted molar refractivity (Wildman–Crippen MR) is 196 cm³/mol. The number of fused-ring (bicyclic) bond motifs is 3. The minimum atomic E-state index is -3.06. The third-order valence-corrected chi connectivity index (χ3v) is 11.5. The van der Waals surface area contributed by atoms with Gasteiger partial charge in [0.25, 0.3) is 0 Å². The highest BCUT2D eigenvalue weighted by Crippen LogP contribution is 2.39. The second-order valence-electron chi connectivity index (χ2n) is 13.5. The van der Waals surface area contributed by atoms with Gasteiger partial charge in [-0.05, 0) is 92.6 Å². The Balaban J connectivity index is 0.00000497. The molecule has 2 atom stereocenters. The Morgan fingerprint density at radius 2 is 1.76 bits per heavy atom. The molecule has 0 spiro atoms. The van der Waals surface area contributed by atoms with E-state index in [1.165, 1.54) is 35.2 Å². The average molecular weight is 807 g/mol. The summed E-state index contributed by atoms with van der Waals surface area (Å²) in [6.45, 7) is 0.0427. The number of alkyl halides is 2. The Morgan fingerprint density at radius 3 is 2.43 bits per heavy atom. The summed E-state index contributed by atoms with van der Waals surface area (Å²) in [6, 6.07) is 14.1. The van der Waals surface area contributed by atoms with Crippen LogP contribution in [-0.2, 0) is 22.4 Å². The normalized spacial score (nSPS) is 19.5. The number of phenols is 1. The van der Waals surface area contributed by atoms with E-state index >= 15 is 0 Å². The van der Waals surface area contributed by atoms with Crippen LogP contribution >= 0.6 is 34.5 Å². The number of esters is 1. The van der Waals surface area contributed by atoms with Crippen molar-refractivity contribution in [3.05, 3.63) is 97.9 Å². The van der Waals surface area contributed by atoms with Gasteiger partial charge in [0.15, 0.2) is 23.9 Å². The Hall–Kier alpha value is -4.21. The number of H-pyrrole nitrogens is 1. The molecule has 2 bridgehead atoms. The Morgan fingerprint density at radius 1 is 1.00 bits per heavy atom. The number of carbonyl (C=O) groups excluding carboxylic acids is 2. The molecular weight excluding hydrogens is 767 g/mol. The number of benzene rings is 2. The van der Waals surface area contributed by atoms with Gasteiger partial charge in [0, 0.05) is 29.5 Å². The molecular formula is C38H39Cl2F2N3O8S. The molecule has 2 aromatic carbocycles. The summed E-state index contributed by atoms with van der Waals surface area (Å²) in [5.74, 6) is -0.0533. The van der Waals surface area contributed by atoms with Crippen LogP contribution < -0.4 is 19.4 Å². The van der Waals surface area contributed by atoms with Gasteiger partial charge in [0.1, 0.15) is 32.9 Å². The molecule has 54 heavy (non-hydrogen) atoms. The number of aromatic nitrogens is 1. The van der Waals surface area contributed by atoms with E-state index in [2.05, 4.69) is 9.88 Å². The average Bonchev–Trinajstić information content (AvgIpc) is 3.85. The summed E-state index contributed by atoms with van der Waals surface area (Å²) in [7, 11) is 0. The third-order valence-electron chi connectivity index (χ3n) is 9.75. The molecule has 1 amide bonds. The SMILES string of the molecule is O=C(O[C@@H](Cc1c(Cl)c[nH+]cc1Cl)c1ccc(OC(F)F)c(OCC2CC2)c1)c1ccc(CN(C(=O)O[C@H]2CN3CCC2CC3)c2cccc(O)c2)s1.[OH-]. The maximum absolute atomic E-state index is 13.8. The first-order valence-electron chi connectivity index (χ1n) is 17.4. The number of amides is 1. The van der Waals surface area contributed by atoms with Crippen LogP contribution in [0, 0.1) is 11.8 Å². The second kappa shape index (κ2) is 17.5. The van der Waals surface area contributed by atoms with Gasteiger partial charge in [-0.3, -0.25) is 9.80 Å². The van der Waals surface area contributed by atoms with E-state index in [1.54, 1.807) is 36.7 Å². The van der Waals surface area contributed by atoms with Crippen LogP contribution in [0.2, 0.25) is 10.0 Å². The molecule has 11 nitrogen and oxygen atoms in total. The molecule has 4 fully saturated rings. The number of thiophene rings is 1. The van der Waals surface area contributed by atoms with Crippen LogP contribution in [0.3, 0.4) is 0 Å². The fourth-order valence-corrected chi connectivity index (χ4v) is 8.09. The lowest BCUT2D eigenvalue weighted by Crippen LogP contribution is -2.53. The summed E-state index contributed by atoms with van der Waals surface area (Å²) in [6.07, 6.45) is 5.36. The lowest BCUT2D eigenvalue weighted by molar-refractivity contribution is -0.377. The maximum Gasteiger partial charge on any atom is 0.414 e. The highest BCUT2D eigenvalue weighted by atomic mass is 35.5. The van der Waals surface area contributed by atoms with Crippen LogP contribution in [-0.4, -0.2) is 66.5 Å². The molecule has 3 aliphatic heterocycles. The number of hydrogen-bond acceptors (Lipinski definition) is 10. The summed E-state index contributed by atoms with van der Waals surface area (Å²) in [4.78, 5) is 35.0. The summed E-state index contributed by atoms with van der Waals surface area (Å²) in [5.41, 5.74) is 1.41. The minimum absolute atomic E-state index is 0. The monoisotopic (exact) mass is 805 g/mol. The second-order valence-corrected chi connectivity index (χ2v) is 15.5. The molecule has 8 rings (SSSR count). The van der Waals surface area contributed by atoms with Gasteiger partial charge in [0.2, 0.25) is 0 Å². The number of anilines is 1. The number of piperidine rings is 3. The number of phenolic OH excluding ortho intramolecular Hbond substituents is 1. The van der Waals surface area contributed by atoms with Gasteiger partial charge in [-0.2, -0.15) is 8.78 Å². The fourth-order valence-electron chi connectivity index (χ4n) is 6.68. The molecule has 5 heterocycles. The maximum atomic E-state index is 13.8. The van der Waals surface area contributed by atoms with Gasteiger partial charge in [-0.1, -0.05) is 35.3 Å². The van der Waals surface area contributed by atoms with E-state index in [-0.39, 0.29) is 46.7 Å². The molecule has 0 unspecified atom stereocenters. The van der Waals surface area contributed by atoms with Gasteiger partial charge < -0.3 is 29.5 Å². The smallest absolute Gasteiger partial charge is 0.414 e. The van der Waals surface area contributed by atoms with Gasteiger partial charge in [-0.15, -0.1) is 11.3 Å². The Kier molecular flexibility index (Phi) is 12.8. The summed E-state index contributed by atoms with van der Waals surface area (Å²) < 4.78 is 49.3. The van der Waals surface area contributed by atoms with Crippen molar-refractivity contribution in [1.29, 1.82) is 0 Å². The molecule has 3 saturated heterocycles. The Labute approximate surface area is 324 Å². The number of pyridine rings is 1. The number of hydrogen-bond donors (Lipinski definition) is 1. The molecule has 1 saturated carbocycles. The largest absolute Gasteiger partial charge is 0.870 e. The van der Waals surface area contributed by atoms with E-state index < -0.39 is 24.8 Å². The molecule has 3 N–H and O–H groups in total. The number of halogens is 4. The van der Waals surface area contributed by atoms with E-state index in [9.17, 15) is 23.5 Å². The quantitative estimate of drug-likeness (QED) is 0.125. The number of nitrogens with one attached hydrogen (secondary N) is 1. The predicted octanol–water partition coefficient (Wildman–Crippen LogP) is 8.17. The van der Waals surface area contributed by atoms with E-state index in [0.29, 0.717) is 56.7 Å². The number of nitrogens with zero attached hydrogens (tertiary/aromatic N) is 2. The van der Waals surface area contributed by atoms with Crippen LogP contribution in [0.5, 0.6) is 17.2 Å². The highest BCUT2D eigenvalue weighted by Gasteiger charge is 2.38. The molecule has 1 aliphatic carbocycles. The number of carbonyl (C=O) groups is 2.